The molecule has 1 atom stereocenters. The van der Waals surface area contributed by atoms with Crippen LogP contribution < -0.4 is 10.6 Å². The van der Waals surface area contributed by atoms with Gasteiger partial charge >= 0.3 is 0 Å². The molecule has 0 aliphatic carbocycles. The van der Waals surface area contributed by atoms with Gasteiger partial charge < -0.3 is 10.6 Å². The van der Waals surface area contributed by atoms with Crippen molar-refractivity contribution in [2.75, 3.05) is 11.9 Å². The van der Waals surface area contributed by atoms with Crippen LogP contribution >= 0.6 is 24.6 Å². The number of piperidine rings is 1. The van der Waals surface area contributed by atoms with Gasteiger partial charge in [0.25, 0.3) is 0 Å². The number of para-hydroxylation sites is 1. The highest BCUT2D eigenvalue weighted by atomic mass is 35.5. The molecule has 1 saturated heterocycles. The first-order valence-corrected chi connectivity index (χ1v) is 6.70. The monoisotopic (exact) mass is 284 g/mol. The molecule has 1 heterocycles. The topological polar surface area (TPSA) is 24.1 Å². The number of hydrogen-bond acceptors (Lipinski definition) is 2. The minimum Gasteiger partial charge on any atom is -0.348 e. The first-order chi connectivity index (χ1) is 8.18. The predicted octanol–water partition coefficient (Wildman–Crippen LogP) is 3.61. The molecule has 1 unspecified atom stereocenters. The summed E-state index contributed by atoms with van der Waals surface area (Å²) in [6.07, 6.45) is 3.69. The van der Waals surface area contributed by atoms with E-state index in [1.165, 1.54) is 29.7 Å². The molecule has 0 saturated carbocycles. The Kier molecular flexibility index (Phi) is 6.06. The van der Waals surface area contributed by atoms with E-state index >= 15 is 0 Å². The molecular formula is C14H21ClN2S. The molecule has 2 nitrogen and oxygen atoms in total. The summed E-state index contributed by atoms with van der Waals surface area (Å²) in [7, 11) is 0. The molecule has 1 aromatic rings. The number of anilines is 1. The van der Waals surface area contributed by atoms with Crippen molar-refractivity contribution < 1.29 is 0 Å². The Hall–Kier alpha value is -0.640. The van der Waals surface area contributed by atoms with Crippen molar-refractivity contribution in [2.24, 2.45) is 0 Å². The van der Waals surface area contributed by atoms with Gasteiger partial charge in [0, 0.05) is 5.69 Å². The number of thiocarbonyl (C=S) groups is 1. The van der Waals surface area contributed by atoms with E-state index in [2.05, 4.69) is 42.7 Å². The van der Waals surface area contributed by atoms with Crippen molar-refractivity contribution in [3.63, 3.8) is 0 Å². The molecule has 18 heavy (non-hydrogen) atoms. The molecule has 1 aliphatic heterocycles. The Morgan fingerprint density at radius 1 is 1.28 bits per heavy atom. The SMILES string of the molecule is Cc1cccc(C)c1NC(=S)C1CCCCN1.Cl. The molecule has 1 aliphatic rings. The fraction of sp³-hybridized carbons (Fsp3) is 0.500. The second-order valence-corrected chi connectivity index (χ2v) is 5.20. The van der Waals surface area contributed by atoms with Gasteiger partial charge in [0.15, 0.2) is 0 Å². The molecule has 1 fully saturated rings. The summed E-state index contributed by atoms with van der Waals surface area (Å²) < 4.78 is 0. The first-order valence-electron chi connectivity index (χ1n) is 6.29. The second kappa shape index (κ2) is 7.07. The van der Waals surface area contributed by atoms with E-state index in [-0.39, 0.29) is 12.4 Å². The summed E-state index contributed by atoms with van der Waals surface area (Å²) >= 11 is 5.50. The number of aryl methyl sites for hydroxylation is 2. The fourth-order valence-corrected chi connectivity index (χ4v) is 2.60. The van der Waals surface area contributed by atoms with E-state index < -0.39 is 0 Å². The molecule has 0 bridgehead atoms. The quantitative estimate of drug-likeness (QED) is 0.812. The zero-order valence-corrected chi connectivity index (χ0v) is 12.6. The van der Waals surface area contributed by atoms with E-state index in [1.807, 2.05) is 0 Å². The Balaban J connectivity index is 0.00000162. The van der Waals surface area contributed by atoms with Gasteiger partial charge in [-0.1, -0.05) is 36.8 Å². The molecule has 100 valence electrons. The van der Waals surface area contributed by atoms with Gasteiger partial charge in [-0.15, -0.1) is 12.4 Å². The van der Waals surface area contributed by atoms with Crippen molar-refractivity contribution in [1.29, 1.82) is 0 Å². The van der Waals surface area contributed by atoms with Gasteiger partial charge in [-0.3, -0.25) is 0 Å². The van der Waals surface area contributed by atoms with Crippen LogP contribution in [0, 0.1) is 13.8 Å². The van der Waals surface area contributed by atoms with Crippen LogP contribution in [0.5, 0.6) is 0 Å². The van der Waals surface area contributed by atoms with Crippen LogP contribution in [0.4, 0.5) is 5.69 Å². The van der Waals surface area contributed by atoms with E-state index in [0.29, 0.717) is 6.04 Å². The maximum Gasteiger partial charge on any atom is 0.0969 e. The molecule has 2 rings (SSSR count). The third-order valence-electron chi connectivity index (χ3n) is 3.36. The van der Waals surface area contributed by atoms with E-state index in [4.69, 9.17) is 12.2 Å². The summed E-state index contributed by atoms with van der Waals surface area (Å²) in [6.45, 7) is 5.32. The van der Waals surface area contributed by atoms with Crippen LogP contribution in [0.15, 0.2) is 18.2 Å². The number of benzene rings is 1. The lowest BCUT2D eigenvalue weighted by Crippen LogP contribution is -2.42. The van der Waals surface area contributed by atoms with Crippen LogP contribution in [-0.2, 0) is 0 Å². The third kappa shape index (κ3) is 3.67. The molecule has 1 aromatic carbocycles. The summed E-state index contributed by atoms with van der Waals surface area (Å²) in [5.74, 6) is 0. The molecule has 0 amide bonds. The van der Waals surface area contributed by atoms with Gasteiger partial charge in [-0.2, -0.15) is 0 Å². The minimum atomic E-state index is 0. The number of hydrogen-bond donors (Lipinski definition) is 2. The Morgan fingerprint density at radius 2 is 1.94 bits per heavy atom. The van der Waals surface area contributed by atoms with Crippen LogP contribution in [0.1, 0.15) is 30.4 Å². The fourth-order valence-electron chi connectivity index (χ4n) is 2.30. The number of rotatable bonds is 2. The number of halogens is 1. The van der Waals surface area contributed by atoms with E-state index in [9.17, 15) is 0 Å². The highest BCUT2D eigenvalue weighted by molar-refractivity contribution is 7.80. The van der Waals surface area contributed by atoms with Crippen LogP contribution in [0.2, 0.25) is 0 Å². The third-order valence-corrected chi connectivity index (χ3v) is 3.74. The minimum absolute atomic E-state index is 0. The Bertz CT molecular complexity index is 394. The standard InChI is InChI=1S/C14H20N2S.ClH/c1-10-6-5-7-11(2)13(10)16-14(17)12-8-3-4-9-15-12;/h5-7,12,15H,3-4,8-9H2,1-2H3,(H,16,17);1H. The molecule has 2 N–H and O–H groups in total. The molecule has 0 spiro atoms. The molecule has 0 radical (unpaired) electrons. The van der Waals surface area contributed by atoms with Crippen LogP contribution in [0.25, 0.3) is 0 Å². The lowest BCUT2D eigenvalue weighted by molar-refractivity contribution is 0.474. The normalized spacial score (nSPS) is 18.9. The second-order valence-electron chi connectivity index (χ2n) is 4.76. The van der Waals surface area contributed by atoms with Crippen LogP contribution in [0.3, 0.4) is 0 Å². The van der Waals surface area contributed by atoms with Crippen molar-refractivity contribution >= 4 is 35.3 Å². The van der Waals surface area contributed by atoms with E-state index in [0.717, 1.165) is 18.0 Å². The van der Waals surface area contributed by atoms with Gasteiger partial charge in [-0.25, -0.2) is 0 Å². The number of nitrogens with one attached hydrogen (secondary N) is 2. The maximum absolute atomic E-state index is 5.50. The summed E-state index contributed by atoms with van der Waals surface area (Å²) in [5, 5.41) is 6.89. The van der Waals surface area contributed by atoms with Gasteiger partial charge in [0.05, 0.1) is 11.0 Å². The average Bonchev–Trinajstić information content (AvgIpc) is 2.35. The van der Waals surface area contributed by atoms with Crippen molar-refractivity contribution in [2.45, 2.75) is 39.2 Å². The van der Waals surface area contributed by atoms with Crippen LogP contribution in [-0.4, -0.2) is 17.6 Å². The molecule has 4 heteroatoms. The molecular weight excluding hydrogens is 264 g/mol. The van der Waals surface area contributed by atoms with Crippen molar-refractivity contribution in [1.82, 2.24) is 5.32 Å². The van der Waals surface area contributed by atoms with Crippen molar-refractivity contribution in [3.05, 3.63) is 29.3 Å². The summed E-state index contributed by atoms with van der Waals surface area (Å²) in [6, 6.07) is 6.66. The summed E-state index contributed by atoms with van der Waals surface area (Å²) in [4.78, 5) is 0.933. The first kappa shape index (κ1) is 15.4. The lowest BCUT2D eigenvalue weighted by atomic mass is 10.0. The van der Waals surface area contributed by atoms with Gasteiger partial charge in [0.1, 0.15) is 0 Å². The van der Waals surface area contributed by atoms with Crippen molar-refractivity contribution in [3.8, 4) is 0 Å². The average molecular weight is 285 g/mol. The van der Waals surface area contributed by atoms with E-state index in [1.54, 1.807) is 0 Å². The van der Waals surface area contributed by atoms with Gasteiger partial charge in [0.2, 0.25) is 0 Å². The van der Waals surface area contributed by atoms with Gasteiger partial charge in [-0.05, 0) is 44.4 Å². The largest absolute Gasteiger partial charge is 0.348 e. The summed E-state index contributed by atoms with van der Waals surface area (Å²) in [5.41, 5.74) is 3.68. The smallest absolute Gasteiger partial charge is 0.0969 e. The highest BCUT2D eigenvalue weighted by Crippen LogP contribution is 2.20. The zero-order valence-electron chi connectivity index (χ0n) is 11.0. The predicted molar refractivity (Wildman–Crippen MR) is 85.0 cm³/mol. The Labute approximate surface area is 121 Å². The maximum atomic E-state index is 5.50. The molecule has 0 aromatic heterocycles. The lowest BCUT2D eigenvalue weighted by Gasteiger charge is -2.25. The zero-order chi connectivity index (χ0) is 12.3. The Morgan fingerprint density at radius 3 is 2.50 bits per heavy atom. The highest BCUT2D eigenvalue weighted by Gasteiger charge is 2.17.